The summed E-state index contributed by atoms with van der Waals surface area (Å²) < 4.78 is 33.3. The number of amides is 1. The van der Waals surface area contributed by atoms with Gasteiger partial charge in [-0.05, 0) is 13.0 Å². The zero-order valence-corrected chi connectivity index (χ0v) is 15.5. The second-order valence-corrected chi connectivity index (χ2v) is 7.34. The molecule has 0 unspecified atom stereocenters. The van der Waals surface area contributed by atoms with Crippen LogP contribution in [0.5, 0.6) is 0 Å². The summed E-state index contributed by atoms with van der Waals surface area (Å²) in [6.07, 6.45) is -4.92. The number of aryl methyl sites for hydroxylation is 2. The van der Waals surface area contributed by atoms with Gasteiger partial charge in [-0.25, -0.2) is 4.79 Å². The van der Waals surface area contributed by atoms with Crippen molar-refractivity contribution in [2.75, 3.05) is 18.1 Å². The maximum atomic E-state index is 11.8. The van der Waals surface area contributed by atoms with E-state index < -0.39 is 18.1 Å². The number of rotatable bonds is 8. The smallest absolute Gasteiger partial charge is 0.481 e. The Morgan fingerprint density at radius 2 is 1.77 bits per heavy atom. The first-order valence-corrected chi connectivity index (χ1v) is 9.49. The standard InChI is InChI=1S/C11H17N3O3S2.C2HF3O2/c1-8-7-9(14(2)13-8)11(17)12-4-6-19-18-5-3-10(15)16;3-2(4,5)1(6)7/h7H,3-6H2,1-2H3,(H,12,17)(H,15,16);(H,6,7). The number of aliphatic carboxylic acids is 2. The van der Waals surface area contributed by atoms with Gasteiger partial charge < -0.3 is 15.5 Å². The van der Waals surface area contributed by atoms with E-state index >= 15 is 0 Å². The largest absolute Gasteiger partial charge is 0.490 e. The quantitative estimate of drug-likeness (QED) is 0.433. The van der Waals surface area contributed by atoms with Gasteiger partial charge in [-0.1, -0.05) is 21.6 Å². The summed E-state index contributed by atoms with van der Waals surface area (Å²) in [5.74, 6) is -2.36. The van der Waals surface area contributed by atoms with Crippen molar-refractivity contribution >= 4 is 39.4 Å². The van der Waals surface area contributed by atoms with Crippen LogP contribution in [-0.2, 0) is 16.6 Å². The molecule has 1 heterocycles. The molecular weight excluding hydrogens is 399 g/mol. The summed E-state index contributed by atoms with van der Waals surface area (Å²) in [4.78, 5) is 31.0. The minimum atomic E-state index is -5.08. The van der Waals surface area contributed by atoms with E-state index in [4.69, 9.17) is 15.0 Å². The first-order chi connectivity index (χ1) is 11.9. The highest BCUT2D eigenvalue weighted by Crippen LogP contribution is 2.20. The summed E-state index contributed by atoms with van der Waals surface area (Å²) in [5.41, 5.74) is 1.35. The molecule has 0 spiro atoms. The molecule has 0 radical (unpaired) electrons. The lowest BCUT2D eigenvalue weighted by atomic mass is 10.3. The van der Waals surface area contributed by atoms with Crippen molar-refractivity contribution in [1.82, 2.24) is 15.1 Å². The molecule has 1 aromatic heterocycles. The van der Waals surface area contributed by atoms with Crippen LogP contribution in [0.4, 0.5) is 13.2 Å². The molecule has 0 aromatic carbocycles. The van der Waals surface area contributed by atoms with Gasteiger partial charge in [0.25, 0.3) is 5.91 Å². The molecule has 0 saturated heterocycles. The molecule has 0 atom stereocenters. The Kier molecular flexibility index (Phi) is 10.8. The molecule has 8 nitrogen and oxygen atoms in total. The van der Waals surface area contributed by atoms with Crippen molar-refractivity contribution < 1.29 is 37.8 Å². The predicted octanol–water partition coefficient (Wildman–Crippen LogP) is 1.95. The number of alkyl halides is 3. The van der Waals surface area contributed by atoms with Gasteiger partial charge in [0.2, 0.25) is 0 Å². The lowest BCUT2D eigenvalue weighted by molar-refractivity contribution is -0.192. The normalized spacial score (nSPS) is 10.7. The third kappa shape index (κ3) is 10.9. The molecule has 0 saturated carbocycles. The molecule has 0 aliphatic rings. The van der Waals surface area contributed by atoms with E-state index in [0.717, 1.165) is 11.4 Å². The maximum Gasteiger partial charge on any atom is 0.490 e. The molecule has 1 aromatic rings. The van der Waals surface area contributed by atoms with Crippen LogP contribution in [0.25, 0.3) is 0 Å². The van der Waals surface area contributed by atoms with E-state index in [9.17, 15) is 22.8 Å². The van der Waals surface area contributed by atoms with Crippen molar-refractivity contribution in [2.45, 2.75) is 19.5 Å². The van der Waals surface area contributed by atoms with Gasteiger partial charge in [0.05, 0.1) is 12.1 Å². The lowest BCUT2D eigenvalue weighted by Gasteiger charge is -2.04. The highest BCUT2D eigenvalue weighted by Gasteiger charge is 2.38. The average Bonchev–Trinajstić information content (AvgIpc) is 2.84. The second-order valence-electron chi connectivity index (χ2n) is 4.64. The monoisotopic (exact) mass is 417 g/mol. The van der Waals surface area contributed by atoms with Gasteiger partial charge in [0.15, 0.2) is 0 Å². The Morgan fingerprint density at radius 1 is 1.23 bits per heavy atom. The highest BCUT2D eigenvalue weighted by molar-refractivity contribution is 8.76. The van der Waals surface area contributed by atoms with Gasteiger partial charge in [-0.15, -0.1) is 0 Å². The van der Waals surface area contributed by atoms with E-state index in [1.807, 2.05) is 6.92 Å². The third-order valence-electron chi connectivity index (χ3n) is 2.43. The second kappa shape index (κ2) is 11.7. The van der Waals surface area contributed by atoms with Gasteiger partial charge in [0, 0.05) is 25.1 Å². The van der Waals surface area contributed by atoms with Crippen LogP contribution in [-0.4, -0.2) is 62.1 Å². The van der Waals surface area contributed by atoms with Crippen LogP contribution in [0.1, 0.15) is 22.6 Å². The van der Waals surface area contributed by atoms with Crippen LogP contribution in [0, 0.1) is 6.92 Å². The molecule has 148 valence electrons. The zero-order chi connectivity index (χ0) is 20.3. The van der Waals surface area contributed by atoms with Crippen molar-refractivity contribution in [2.24, 2.45) is 7.05 Å². The molecule has 1 amide bonds. The summed E-state index contributed by atoms with van der Waals surface area (Å²) in [7, 11) is 4.80. The molecular formula is C13H18F3N3O5S2. The fraction of sp³-hybridized carbons (Fsp3) is 0.538. The minimum absolute atomic E-state index is 0.140. The predicted molar refractivity (Wildman–Crippen MR) is 91.1 cm³/mol. The Morgan fingerprint density at radius 3 is 2.19 bits per heavy atom. The number of hydrogen-bond acceptors (Lipinski definition) is 6. The molecule has 3 N–H and O–H groups in total. The number of halogens is 3. The maximum absolute atomic E-state index is 11.8. The topological polar surface area (TPSA) is 122 Å². The molecule has 0 aliphatic heterocycles. The van der Waals surface area contributed by atoms with Crippen molar-refractivity contribution in [3.05, 3.63) is 17.5 Å². The van der Waals surface area contributed by atoms with Gasteiger partial charge >= 0.3 is 18.1 Å². The number of aromatic nitrogens is 2. The summed E-state index contributed by atoms with van der Waals surface area (Å²) in [6, 6.07) is 1.74. The highest BCUT2D eigenvalue weighted by atomic mass is 33.1. The SMILES string of the molecule is Cc1cc(C(=O)NCCSSCCC(=O)O)n(C)n1.O=C(O)C(F)(F)F. The summed E-state index contributed by atoms with van der Waals surface area (Å²) >= 11 is 0. The summed E-state index contributed by atoms with van der Waals surface area (Å²) in [5, 5.41) is 22.5. The number of hydrogen-bond donors (Lipinski definition) is 3. The van der Waals surface area contributed by atoms with E-state index in [0.29, 0.717) is 18.0 Å². The Labute approximate surface area is 154 Å². The number of carboxylic acid groups (broad SMARTS) is 2. The van der Waals surface area contributed by atoms with Gasteiger partial charge in [-0.3, -0.25) is 14.3 Å². The molecule has 0 aliphatic carbocycles. The van der Waals surface area contributed by atoms with Crippen LogP contribution in [0.15, 0.2) is 6.07 Å². The van der Waals surface area contributed by atoms with E-state index in [1.165, 1.54) is 10.8 Å². The minimum Gasteiger partial charge on any atom is -0.481 e. The fourth-order valence-corrected chi connectivity index (χ4v) is 3.25. The molecule has 13 heteroatoms. The zero-order valence-electron chi connectivity index (χ0n) is 13.9. The average molecular weight is 417 g/mol. The van der Waals surface area contributed by atoms with Crippen molar-refractivity contribution in [3.63, 3.8) is 0 Å². The van der Waals surface area contributed by atoms with Crippen LogP contribution in [0.3, 0.4) is 0 Å². The molecule has 1 rings (SSSR count). The van der Waals surface area contributed by atoms with Crippen LogP contribution in [0.2, 0.25) is 0 Å². The van der Waals surface area contributed by atoms with Crippen LogP contribution >= 0.6 is 21.6 Å². The molecule has 0 bridgehead atoms. The van der Waals surface area contributed by atoms with E-state index in [1.54, 1.807) is 28.6 Å². The number of nitrogens with zero attached hydrogens (tertiary/aromatic N) is 2. The van der Waals surface area contributed by atoms with Gasteiger partial charge in [-0.2, -0.15) is 18.3 Å². The number of nitrogens with one attached hydrogen (secondary N) is 1. The molecule has 0 fully saturated rings. The Bertz CT molecular complexity index is 623. The first kappa shape index (κ1) is 24.1. The molecule has 26 heavy (non-hydrogen) atoms. The third-order valence-corrected chi connectivity index (χ3v) is 4.84. The fourth-order valence-electron chi connectivity index (χ4n) is 1.37. The van der Waals surface area contributed by atoms with E-state index in [2.05, 4.69) is 10.4 Å². The number of carboxylic acids is 2. The van der Waals surface area contributed by atoms with Crippen molar-refractivity contribution in [1.29, 1.82) is 0 Å². The van der Waals surface area contributed by atoms with Crippen molar-refractivity contribution in [3.8, 4) is 0 Å². The number of carbonyl (C=O) groups excluding carboxylic acids is 1. The Balaban J connectivity index is 0.000000758. The Hall–Kier alpha value is -1.89. The lowest BCUT2D eigenvalue weighted by Crippen LogP contribution is -2.27. The summed E-state index contributed by atoms with van der Waals surface area (Å²) in [6.45, 7) is 2.39. The van der Waals surface area contributed by atoms with Gasteiger partial charge in [0.1, 0.15) is 5.69 Å². The van der Waals surface area contributed by atoms with E-state index in [-0.39, 0.29) is 12.3 Å². The van der Waals surface area contributed by atoms with Crippen LogP contribution < -0.4 is 5.32 Å². The number of carbonyl (C=O) groups is 3. The first-order valence-electron chi connectivity index (χ1n) is 7.00.